The van der Waals surface area contributed by atoms with E-state index in [0.29, 0.717) is 6.42 Å². The molecule has 0 aromatic rings. The molecule has 0 aliphatic heterocycles. The van der Waals surface area contributed by atoms with Crippen molar-refractivity contribution in [3.8, 4) is 0 Å². The Hall–Kier alpha value is -0.120. The molecule has 0 rings (SSSR count). The van der Waals surface area contributed by atoms with Gasteiger partial charge in [-0.15, -0.1) is 0 Å². The second kappa shape index (κ2) is 15.3. The van der Waals surface area contributed by atoms with Crippen molar-refractivity contribution in [1.29, 1.82) is 0 Å². The van der Waals surface area contributed by atoms with Gasteiger partial charge in [-0.05, 0) is 13.3 Å². The molecule has 0 saturated heterocycles. The molecule has 112 valence electrons. The summed E-state index contributed by atoms with van der Waals surface area (Å²) in [5.74, 6) is -1.04. The Morgan fingerprint density at radius 3 is 1.85 bits per heavy atom. The summed E-state index contributed by atoms with van der Waals surface area (Å²) in [6, 6.07) is 0. The first-order valence-corrected chi connectivity index (χ1v) is 7.48. The van der Waals surface area contributed by atoms with E-state index in [0.717, 1.165) is 19.3 Å². The van der Waals surface area contributed by atoms with E-state index in [2.05, 4.69) is 18.2 Å². The number of hydrogen-bond donors (Lipinski definition) is 0. The summed E-state index contributed by atoms with van der Waals surface area (Å²) >= 11 is 0. The minimum absolute atomic E-state index is 0. The first-order valence-electron chi connectivity index (χ1n) is 7.48. The van der Waals surface area contributed by atoms with Gasteiger partial charge in [0.25, 0.3) is 0 Å². The molecule has 0 saturated carbocycles. The Labute approximate surface area is 147 Å². The third-order valence-electron chi connectivity index (χ3n) is 3.04. The summed E-state index contributed by atoms with van der Waals surface area (Å²) in [4.78, 5) is 22.4. The van der Waals surface area contributed by atoms with Gasteiger partial charge in [0.1, 0.15) is 0 Å². The van der Waals surface area contributed by atoms with Crippen LogP contribution in [0.4, 0.5) is 0 Å². The van der Waals surface area contributed by atoms with Gasteiger partial charge >= 0.3 is 41.5 Å². The van der Waals surface area contributed by atoms with Crippen molar-refractivity contribution >= 4 is 11.9 Å². The van der Waals surface area contributed by atoms with Gasteiger partial charge < -0.3 is 6.16 Å². The van der Waals surface area contributed by atoms with Crippen LogP contribution >= 0.6 is 0 Å². The van der Waals surface area contributed by atoms with Crippen LogP contribution in [0, 0.1) is 0 Å². The van der Waals surface area contributed by atoms with Crippen LogP contribution in [-0.4, -0.2) is 11.9 Å². The van der Waals surface area contributed by atoms with Crippen LogP contribution in [0.2, 0.25) is 0 Å². The SMILES string of the molecule is C=C(C)C(=O)OC(=O)CCCCCCCCCCC.[H-].[Na+]. The van der Waals surface area contributed by atoms with E-state index in [1.807, 2.05) is 0 Å². The molecule has 0 N–H and O–H groups in total. The van der Waals surface area contributed by atoms with Crippen LogP contribution in [-0.2, 0) is 14.3 Å². The van der Waals surface area contributed by atoms with Crippen molar-refractivity contribution in [2.45, 2.75) is 78.1 Å². The Morgan fingerprint density at radius 1 is 0.950 bits per heavy atom. The summed E-state index contributed by atoms with van der Waals surface area (Å²) in [5.41, 5.74) is 0.264. The Morgan fingerprint density at radius 2 is 1.40 bits per heavy atom. The van der Waals surface area contributed by atoms with Crippen LogP contribution in [0.5, 0.6) is 0 Å². The predicted octanol–water partition coefficient (Wildman–Crippen LogP) is 1.67. The van der Waals surface area contributed by atoms with E-state index in [1.54, 1.807) is 0 Å². The van der Waals surface area contributed by atoms with Crippen molar-refractivity contribution in [3.63, 3.8) is 0 Å². The van der Waals surface area contributed by atoms with Crippen molar-refractivity contribution < 1.29 is 45.3 Å². The zero-order valence-electron chi connectivity index (χ0n) is 14.5. The minimum Gasteiger partial charge on any atom is -1.00 e. The van der Waals surface area contributed by atoms with Gasteiger partial charge in [-0.2, -0.15) is 0 Å². The number of unbranched alkanes of at least 4 members (excludes halogenated alkanes) is 8. The molecule has 4 heteroatoms. The molecule has 3 nitrogen and oxygen atoms in total. The van der Waals surface area contributed by atoms with E-state index in [9.17, 15) is 9.59 Å². The topological polar surface area (TPSA) is 43.4 Å². The number of hydrogen-bond acceptors (Lipinski definition) is 3. The number of esters is 2. The van der Waals surface area contributed by atoms with Crippen LogP contribution < -0.4 is 29.6 Å². The molecule has 0 fully saturated rings. The number of carbonyl (C=O) groups excluding carboxylic acids is 2. The van der Waals surface area contributed by atoms with E-state index in [-0.39, 0.29) is 36.6 Å². The molecular formula is C16H29NaO3. The van der Waals surface area contributed by atoms with Crippen LogP contribution in [0.1, 0.15) is 79.5 Å². The molecule has 0 radical (unpaired) electrons. The van der Waals surface area contributed by atoms with Crippen LogP contribution in [0.25, 0.3) is 0 Å². The second-order valence-corrected chi connectivity index (χ2v) is 5.12. The largest absolute Gasteiger partial charge is 1.00 e. The summed E-state index contributed by atoms with van der Waals surface area (Å²) in [5, 5.41) is 0. The van der Waals surface area contributed by atoms with Crippen molar-refractivity contribution in [1.82, 2.24) is 0 Å². The fourth-order valence-electron chi connectivity index (χ4n) is 1.82. The van der Waals surface area contributed by atoms with E-state index >= 15 is 0 Å². The van der Waals surface area contributed by atoms with E-state index < -0.39 is 11.9 Å². The summed E-state index contributed by atoms with van der Waals surface area (Å²) in [6.45, 7) is 7.19. The zero-order chi connectivity index (χ0) is 14.5. The maximum Gasteiger partial charge on any atom is 1.00 e. The van der Waals surface area contributed by atoms with Crippen LogP contribution in [0.3, 0.4) is 0 Å². The smallest absolute Gasteiger partial charge is 1.00 e. The minimum atomic E-state index is -0.610. The van der Waals surface area contributed by atoms with E-state index in [1.165, 1.54) is 45.4 Å². The maximum atomic E-state index is 11.3. The van der Waals surface area contributed by atoms with Crippen molar-refractivity contribution in [3.05, 3.63) is 12.2 Å². The predicted molar refractivity (Wildman–Crippen MR) is 78.9 cm³/mol. The van der Waals surface area contributed by atoms with Gasteiger partial charge in [0, 0.05) is 12.0 Å². The standard InChI is InChI=1S/C16H28O3.Na.H/c1-4-5-6-7-8-9-10-11-12-13-15(17)19-16(18)14(2)3;;/h2,4-13H2,1,3H3;;/q;+1;-1. The maximum absolute atomic E-state index is 11.3. The Balaban J connectivity index is -0.00000162. The quantitative estimate of drug-likeness (QED) is 0.191. The third-order valence-corrected chi connectivity index (χ3v) is 3.04. The summed E-state index contributed by atoms with van der Waals surface area (Å²) < 4.78 is 4.61. The van der Waals surface area contributed by atoms with Crippen LogP contribution in [0.15, 0.2) is 12.2 Å². The molecule has 0 unspecified atom stereocenters. The first-order chi connectivity index (χ1) is 9.07. The Kier molecular flexibility index (Phi) is 16.9. The second-order valence-electron chi connectivity index (χ2n) is 5.12. The molecule has 0 aliphatic carbocycles. The molecule has 0 aromatic carbocycles. The number of carbonyl (C=O) groups is 2. The molecule has 0 aromatic heterocycles. The molecule has 0 bridgehead atoms. The molecule has 0 amide bonds. The first kappa shape index (κ1) is 22.2. The normalized spacial score (nSPS) is 9.70. The monoisotopic (exact) mass is 292 g/mol. The van der Waals surface area contributed by atoms with E-state index in [4.69, 9.17) is 0 Å². The summed E-state index contributed by atoms with van der Waals surface area (Å²) in [7, 11) is 0. The van der Waals surface area contributed by atoms with Gasteiger partial charge in [0.2, 0.25) is 0 Å². The molecular weight excluding hydrogens is 263 g/mol. The molecule has 20 heavy (non-hydrogen) atoms. The molecule has 0 heterocycles. The van der Waals surface area contributed by atoms with Gasteiger partial charge in [-0.1, -0.05) is 64.9 Å². The van der Waals surface area contributed by atoms with Gasteiger partial charge in [-0.25, -0.2) is 4.79 Å². The molecule has 0 atom stereocenters. The average Bonchev–Trinajstić information content (AvgIpc) is 2.36. The number of ether oxygens (including phenoxy) is 1. The molecule has 0 spiro atoms. The van der Waals surface area contributed by atoms with Gasteiger partial charge in [-0.3, -0.25) is 4.79 Å². The third kappa shape index (κ3) is 14.3. The Bertz CT molecular complexity index is 293. The number of rotatable bonds is 11. The molecule has 0 aliphatic rings. The van der Waals surface area contributed by atoms with Gasteiger partial charge in [0.15, 0.2) is 0 Å². The fourth-order valence-corrected chi connectivity index (χ4v) is 1.82. The fraction of sp³-hybridized carbons (Fsp3) is 0.750. The van der Waals surface area contributed by atoms with Gasteiger partial charge in [0.05, 0.1) is 0 Å². The summed E-state index contributed by atoms with van der Waals surface area (Å²) in [6.07, 6.45) is 11.1. The van der Waals surface area contributed by atoms with Crippen molar-refractivity contribution in [2.75, 3.05) is 0 Å². The van der Waals surface area contributed by atoms with Crippen molar-refractivity contribution in [2.24, 2.45) is 0 Å². The average molecular weight is 292 g/mol. The zero-order valence-corrected chi connectivity index (χ0v) is 15.5.